The molecule has 0 saturated carbocycles. The largest absolute Gasteiger partial charge is 0.547 e. The van der Waals surface area contributed by atoms with Crippen LogP contribution >= 0.6 is 0 Å². The lowest BCUT2D eigenvalue weighted by atomic mass is 9.72. The molecule has 0 bridgehead atoms. The van der Waals surface area contributed by atoms with E-state index >= 15 is 0 Å². The molecule has 0 spiro atoms. The molecule has 3 amide bonds. The molecule has 0 aliphatic carbocycles. The van der Waals surface area contributed by atoms with Gasteiger partial charge in [-0.1, -0.05) is 12.1 Å². The number of rotatable bonds is 9. The van der Waals surface area contributed by atoms with Gasteiger partial charge in [-0.3, -0.25) is 24.6 Å². The van der Waals surface area contributed by atoms with E-state index in [0.717, 1.165) is 9.21 Å². The van der Waals surface area contributed by atoms with Gasteiger partial charge in [0.05, 0.1) is 17.5 Å². The molecule has 2 unspecified atom stereocenters. The van der Waals surface area contributed by atoms with Gasteiger partial charge in [0.1, 0.15) is 5.75 Å². The van der Waals surface area contributed by atoms with Crippen molar-refractivity contribution in [1.82, 2.24) is 24.7 Å². The highest BCUT2D eigenvalue weighted by molar-refractivity contribution is 7.86. The van der Waals surface area contributed by atoms with Crippen molar-refractivity contribution in [3.05, 3.63) is 29.3 Å². The molecule has 4 rings (SSSR count). The molecular formula is C21H29BN6O10S. The third-order valence-electron chi connectivity index (χ3n) is 7.01. The van der Waals surface area contributed by atoms with Crippen molar-refractivity contribution in [2.24, 2.45) is 11.1 Å². The van der Waals surface area contributed by atoms with Crippen molar-refractivity contribution in [3.63, 3.8) is 0 Å². The molecule has 2 fully saturated rings. The smallest absolute Gasteiger partial charge is 0.534 e. The Bertz CT molecular complexity index is 1280. The molecule has 7 N–H and O–H groups in total. The second kappa shape index (κ2) is 11.1. The number of carboxylic acid groups (broad SMARTS) is 1. The third kappa shape index (κ3) is 5.85. The van der Waals surface area contributed by atoms with Gasteiger partial charge in [-0.2, -0.15) is 12.7 Å². The van der Waals surface area contributed by atoms with Crippen molar-refractivity contribution in [2.75, 3.05) is 32.7 Å². The Kier molecular flexibility index (Phi) is 8.15. The molecule has 1 aromatic carbocycles. The number of hydrogen-bond donors (Lipinski definition) is 6. The summed E-state index contributed by atoms with van der Waals surface area (Å²) in [7, 11) is -5.64. The number of likely N-dealkylation sites (N-methyl/N-ethyl adjacent to an activating group) is 1. The molecule has 3 heterocycles. The minimum atomic E-state index is -4.02. The highest BCUT2D eigenvalue weighted by atomic mass is 32.2. The molecule has 212 valence electrons. The first-order valence-electron chi connectivity index (χ1n) is 12.1. The summed E-state index contributed by atoms with van der Waals surface area (Å²) in [6.07, 6.45) is -1.75. The van der Waals surface area contributed by atoms with Crippen LogP contribution in [0, 0.1) is 5.92 Å². The first-order chi connectivity index (χ1) is 18.3. The van der Waals surface area contributed by atoms with Gasteiger partial charge in [0.2, 0.25) is 5.91 Å². The standard InChI is InChI=1S/C21H29BN6O10S/c1-2-26-6-7-28(19(31)18(26)30)21(34)25-15(12-9-27(10-12)39(23,36)37)17(29)24-14-8-11-4-3-5-13(20(32)33)16(11)38-22(14)35/h3-5,12,14-15,21,25,34-35H,2,6-10H2,1H3,(H,24,29)(H,32,33)(H2,23,36,37)/t14-,15?,21?/m0/s1. The summed E-state index contributed by atoms with van der Waals surface area (Å²) in [5.41, 5.74) is 0.274. The molecule has 3 atom stereocenters. The topological polar surface area (TPSA) is 232 Å². The van der Waals surface area contributed by atoms with E-state index < -0.39 is 65.3 Å². The Morgan fingerprint density at radius 1 is 1.23 bits per heavy atom. The van der Waals surface area contributed by atoms with Crippen LogP contribution in [0.1, 0.15) is 22.8 Å². The summed E-state index contributed by atoms with van der Waals surface area (Å²) in [5, 5.41) is 41.0. The molecule has 18 heteroatoms. The molecule has 2 saturated heterocycles. The number of carbonyl (C=O) groups excluding carboxylic acids is 3. The number of aliphatic hydroxyl groups excluding tert-OH is 1. The number of nitrogens with zero attached hydrogens (tertiary/aromatic N) is 3. The highest BCUT2D eigenvalue weighted by Gasteiger charge is 2.46. The van der Waals surface area contributed by atoms with E-state index in [9.17, 15) is 42.8 Å². The number of hydrogen-bond acceptors (Lipinski definition) is 10. The third-order valence-corrected chi connectivity index (χ3v) is 8.03. The second-order valence-corrected chi connectivity index (χ2v) is 11.0. The van der Waals surface area contributed by atoms with Crippen molar-refractivity contribution in [1.29, 1.82) is 0 Å². The molecule has 3 aliphatic heterocycles. The van der Waals surface area contributed by atoms with Crippen molar-refractivity contribution in [3.8, 4) is 5.75 Å². The van der Waals surface area contributed by atoms with E-state index in [1.54, 1.807) is 13.0 Å². The average Bonchev–Trinajstić information content (AvgIpc) is 2.83. The minimum absolute atomic E-state index is 0.00718. The fourth-order valence-electron chi connectivity index (χ4n) is 4.78. The number of aromatic carboxylic acids is 1. The van der Waals surface area contributed by atoms with Gasteiger partial charge in [-0.15, -0.1) is 0 Å². The van der Waals surface area contributed by atoms with Crippen molar-refractivity contribution >= 4 is 41.0 Å². The van der Waals surface area contributed by atoms with Crippen LogP contribution < -0.4 is 20.4 Å². The minimum Gasteiger partial charge on any atom is -0.534 e. The maximum absolute atomic E-state index is 13.4. The molecule has 16 nitrogen and oxygen atoms in total. The Labute approximate surface area is 224 Å². The van der Waals surface area contributed by atoms with Crippen LogP contribution in [0.3, 0.4) is 0 Å². The number of fused-ring (bicyclic) bond motifs is 1. The Hall–Kier alpha value is -3.29. The van der Waals surface area contributed by atoms with Gasteiger partial charge in [0.25, 0.3) is 10.2 Å². The maximum Gasteiger partial charge on any atom is 0.547 e. The first-order valence-corrected chi connectivity index (χ1v) is 13.6. The van der Waals surface area contributed by atoms with Gasteiger partial charge in [-0.05, 0) is 25.0 Å². The van der Waals surface area contributed by atoms with E-state index in [4.69, 9.17) is 9.79 Å². The quantitative estimate of drug-likeness (QED) is 0.0952. The van der Waals surface area contributed by atoms with E-state index in [2.05, 4.69) is 10.6 Å². The van der Waals surface area contributed by atoms with Gasteiger partial charge < -0.3 is 30.1 Å². The van der Waals surface area contributed by atoms with Crippen LogP contribution in [0.15, 0.2) is 18.2 Å². The first kappa shape index (κ1) is 28.7. The van der Waals surface area contributed by atoms with Crippen LogP contribution in [-0.4, -0.2) is 120 Å². The van der Waals surface area contributed by atoms with Gasteiger partial charge in [0, 0.05) is 38.6 Å². The zero-order valence-electron chi connectivity index (χ0n) is 20.9. The number of carbonyl (C=O) groups is 4. The number of amides is 3. The van der Waals surface area contributed by atoms with Gasteiger partial charge in [0.15, 0.2) is 6.35 Å². The predicted molar refractivity (Wildman–Crippen MR) is 133 cm³/mol. The van der Waals surface area contributed by atoms with E-state index in [1.807, 2.05) is 0 Å². The summed E-state index contributed by atoms with van der Waals surface area (Å²) < 4.78 is 29.6. The second-order valence-electron chi connectivity index (χ2n) is 9.45. The molecule has 0 aromatic heterocycles. The molecule has 1 aromatic rings. The van der Waals surface area contributed by atoms with E-state index in [1.165, 1.54) is 17.0 Å². The summed E-state index contributed by atoms with van der Waals surface area (Å²) in [5.74, 6) is -5.53. The summed E-state index contributed by atoms with van der Waals surface area (Å²) >= 11 is 0. The molecular weight excluding hydrogens is 539 g/mol. The number of nitrogens with two attached hydrogens (primary N) is 1. The Morgan fingerprint density at radius 2 is 1.92 bits per heavy atom. The monoisotopic (exact) mass is 568 g/mol. The summed E-state index contributed by atoms with van der Waals surface area (Å²) in [4.78, 5) is 51.8. The molecule has 3 aliphatic rings. The number of nitrogens with one attached hydrogen (secondary N) is 2. The maximum atomic E-state index is 13.4. The van der Waals surface area contributed by atoms with Gasteiger partial charge >= 0.3 is 24.9 Å². The SMILES string of the molecule is CCN1CCN(C(O)NC(C(=O)N[C@H]2Cc3cccc(C(=O)O)c3OB2O)C2CN(S(N)(=O)=O)C2)C(=O)C1=O. The lowest BCUT2D eigenvalue weighted by Crippen LogP contribution is -2.68. The molecule has 39 heavy (non-hydrogen) atoms. The molecule has 0 radical (unpaired) electrons. The summed E-state index contributed by atoms with van der Waals surface area (Å²) in [6, 6.07) is 3.12. The fourth-order valence-corrected chi connectivity index (χ4v) is 5.58. The van der Waals surface area contributed by atoms with Crippen molar-refractivity contribution in [2.45, 2.75) is 31.7 Å². The normalized spacial score (nSPS) is 22.1. The van der Waals surface area contributed by atoms with Crippen LogP contribution in [-0.2, 0) is 31.0 Å². The van der Waals surface area contributed by atoms with Crippen LogP contribution in [0.5, 0.6) is 5.75 Å². The zero-order valence-corrected chi connectivity index (χ0v) is 21.7. The number of para-hydroxylation sites is 1. The zero-order chi connectivity index (χ0) is 28.6. The Balaban J connectivity index is 1.50. The van der Waals surface area contributed by atoms with Gasteiger partial charge in [-0.25, -0.2) is 9.93 Å². The van der Waals surface area contributed by atoms with E-state index in [-0.39, 0.29) is 43.9 Å². The van der Waals surface area contributed by atoms with Crippen LogP contribution in [0.2, 0.25) is 0 Å². The van der Waals surface area contributed by atoms with E-state index in [0.29, 0.717) is 12.1 Å². The average molecular weight is 568 g/mol. The lowest BCUT2D eigenvalue weighted by Gasteiger charge is -2.43. The highest BCUT2D eigenvalue weighted by Crippen LogP contribution is 2.30. The summed E-state index contributed by atoms with van der Waals surface area (Å²) in [6.45, 7) is 1.84. The fraction of sp³-hybridized carbons (Fsp3) is 0.524. The predicted octanol–water partition coefficient (Wildman–Crippen LogP) is -4.12. The number of benzene rings is 1. The van der Waals surface area contributed by atoms with Crippen LogP contribution in [0.25, 0.3) is 0 Å². The number of carboxylic acids is 1. The number of aliphatic hydroxyl groups is 1. The Morgan fingerprint density at radius 3 is 2.54 bits per heavy atom. The number of piperazine rings is 1. The lowest BCUT2D eigenvalue weighted by molar-refractivity contribution is -0.166. The van der Waals surface area contributed by atoms with Crippen LogP contribution in [0.4, 0.5) is 0 Å². The van der Waals surface area contributed by atoms with Crippen molar-refractivity contribution < 1.29 is 47.5 Å².